The quantitative estimate of drug-likeness (QED) is 0.779. The number of carbonyl (C=O) groups is 4. The molecular weight excluding hydrogens is 336 g/mol. The van der Waals surface area contributed by atoms with Crippen molar-refractivity contribution in [2.75, 3.05) is 13.1 Å². The molecule has 0 aromatic heterocycles. The average Bonchev–Trinajstić information content (AvgIpc) is 2.62. The number of piperidine rings is 1. The maximum absolute atomic E-state index is 12.7. The summed E-state index contributed by atoms with van der Waals surface area (Å²) in [5.74, 6) is -4.63. The first-order valence-corrected chi connectivity index (χ1v) is 8.25. The Labute approximate surface area is 149 Å². The van der Waals surface area contributed by atoms with E-state index in [4.69, 9.17) is 5.11 Å². The molecule has 0 aliphatic carbocycles. The Balaban J connectivity index is 1.80. The molecule has 26 heavy (non-hydrogen) atoms. The molecule has 2 amide bonds. The second-order valence-corrected chi connectivity index (χ2v) is 6.16. The van der Waals surface area contributed by atoms with Crippen molar-refractivity contribution in [3.8, 4) is 0 Å². The maximum atomic E-state index is 12.7. The van der Waals surface area contributed by atoms with Crippen molar-refractivity contribution in [2.45, 2.75) is 13.0 Å². The molecule has 2 N–H and O–H groups in total. The van der Waals surface area contributed by atoms with E-state index in [1.165, 1.54) is 4.90 Å². The molecule has 3 rings (SSSR count). The number of rotatable bonds is 5. The van der Waals surface area contributed by atoms with Gasteiger partial charge in [-0.05, 0) is 16.3 Å². The highest BCUT2D eigenvalue weighted by atomic mass is 16.4. The Morgan fingerprint density at radius 1 is 1.12 bits per heavy atom. The van der Waals surface area contributed by atoms with Gasteiger partial charge < -0.3 is 15.3 Å². The van der Waals surface area contributed by atoms with Crippen LogP contribution in [-0.2, 0) is 25.7 Å². The van der Waals surface area contributed by atoms with Gasteiger partial charge in [0.15, 0.2) is 11.7 Å². The Bertz CT molecular complexity index is 887. The molecule has 0 bridgehead atoms. The number of Topliss-reactive ketones (excluding diaryl/α,β-unsaturated/α-hetero) is 1. The molecule has 1 atom stereocenters. The fourth-order valence-corrected chi connectivity index (χ4v) is 3.14. The van der Waals surface area contributed by atoms with Crippen molar-refractivity contribution >= 4 is 34.3 Å². The van der Waals surface area contributed by atoms with E-state index in [-0.39, 0.29) is 19.5 Å². The van der Waals surface area contributed by atoms with Crippen LogP contribution in [0.3, 0.4) is 0 Å². The number of nitrogens with zero attached hydrogens (tertiary/aromatic N) is 1. The molecule has 2 aromatic carbocycles. The zero-order chi connectivity index (χ0) is 18.7. The smallest absolute Gasteiger partial charge is 0.322 e. The summed E-state index contributed by atoms with van der Waals surface area (Å²) >= 11 is 0. The molecule has 1 aliphatic rings. The lowest BCUT2D eigenvalue weighted by atomic mass is 9.93. The summed E-state index contributed by atoms with van der Waals surface area (Å²) in [5.41, 5.74) is 0.926. The van der Waals surface area contributed by atoms with Crippen LogP contribution in [0, 0.1) is 5.92 Å². The summed E-state index contributed by atoms with van der Waals surface area (Å²) in [6.07, 6.45) is 0.0711. The fourth-order valence-electron chi connectivity index (χ4n) is 3.14. The van der Waals surface area contributed by atoms with Crippen LogP contribution in [0.4, 0.5) is 0 Å². The number of likely N-dealkylation sites (tertiary alicyclic amines) is 1. The highest BCUT2D eigenvalue weighted by Gasteiger charge is 2.40. The molecule has 0 radical (unpaired) electrons. The van der Waals surface area contributed by atoms with Crippen LogP contribution in [0.1, 0.15) is 12.0 Å². The van der Waals surface area contributed by atoms with Crippen LogP contribution in [0.5, 0.6) is 0 Å². The van der Waals surface area contributed by atoms with Gasteiger partial charge in [0.2, 0.25) is 11.8 Å². The van der Waals surface area contributed by atoms with E-state index in [0.717, 1.165) is 16.3 Å². The van der Waals surface area contributed by atoms with Crippen LogP contribution in [0.15, 0.2) is 42.5 Å². The zero-order valence-corrected chi connectivity index (χ0v) is 14.0. The molecule has 7 heteroatoms. The minimum Gasteiger partial charge on any atom is -0.480 e. The number of carboxylic acid groups (broad SMARTS) is 1. The second-order valence-electron chi connectivity index (χ2n) is 6.16. The predicted octanol–water partition coefficient (Wildman–Crippen LogP) is 0.958. The number of amides is 2. The van der Waals surface area contributed by atoms with Gasteiger partial charge in [-0.15, -0.1) is 0 Å². The topological polar surface area (TPSA) is 104 Å². The zero-order valence-electron chi connectivity index (χ0n) is 14.0. The van der Waals surface area contributed by atoms with E-state index in [2.05, 4.69) is 5.32 Å². The normalized spacial score (nSPS) is 17.4. The Morgan fingerprint density at radius 3 is 2.62 bits per heavy atom. The Kier molecular flexibility index (Phi) is 4.97. The van der Waals surface area contributed by atoms with E-state index >= 15 is 0 Å². The van der Waals surface area contributed by atoms with Gasteiger partial charge in [0.1, 0.15) is 6.54 Å². The molecule has 1 saturated heterocycles. The first-order chi connectivity index (χ1) is 12.5. The van der Waals surface area contributed by atoms with E-state index in [0.29, 0.717) is 0 Å². The van der Waals surface area contributed by atoms with Crippen LogP contribution < -0.4 is 5.32 Å². The number of nitrogens with one attached hydrogen (secondary N) is 1. The molecule has 2 aromatic rings. The number of hydrogen-bond donors (Lipinski definition) is 2. The van der Waals surface area contributed by atoms with Gasteiger partial charge in [-0.25, -0.2) is 0 Å². The van der Waals surface area contributed by atoms with Gasteiger partial charge in [0.25, 0.3) is 0 Å². The van der Waals surface area contributed by atoms with Crippen molar-refractivity contribution in [3.05, 3.63) is 48.0 Å². The third-order valence-corrected chi connectivity index (χ3v) is 4.43. The molecule has 1 fully saturated rings. The molecule has 0 spiro atoms. The Hall–Kier alpha value is -3.22. The van der Waals surface area contributed by atoms with Gasteiger partial charge in [0.05, 0.1) is 0 Å². The van der Waals surface area contributed by atoms with Crippen molar-refractivity contribution in [1.82, 2.24) is 10.2 Å². The summed E-state index contributed by atoms with van der Waals surface area (Å²) in [4.78, 5) is 48.9. The van der Waals surface area contributed by atoms with E-state index in [1.54, 1.807) is 0 Å². The number of aliphatic carboxylic acids is 1. The predicted molar refractivity (Wildman–Crippen MR) is 93.1 cm³/mol. The lowest BCUT2D eigenvalue weighted by molar-refractivity contribution is -0.152. The summed E-state index contributed by atoms with van der Waals surface area (Å²) in [5, 5.41) is 12.8. The first kappa shape index (κ1) is 17.6. The third-order valence-electron chi connectivity index (χ3n) is 4.43. The second kappa shape index (κ2) is 7.35. The molecule has 1 unspecified atom stereocenters. The van der Waals surface area contributed by atoms with Crippen molar-refractivity contribution < 1.29 is 24.3 Å². The number of benzene rings is 2. The van der Waals surface area contributed by atoms with Crippen molar-refractivity contribution in [2.24, 2.45) is 5.92 Å². The number of hydrogen-bond acceptors (Lipinski definition) is 4. The monoisotopic (exact) mass is 354 g/mol. The summed E-state index contributed by atoms with van der Waals surface area (Å²) < 4.78 is 0. The number of fused-ring (bicyclic) bond motifs is 1. The highest BCUT2D eigenvalue weighted by molar-refractivity contribution is 6.19. The fraction of sp³-hybridized carbons (Fsp3) is 0.263. The average molecular weight is 354 g/mol. The molecule has 1 heterocycles. The standard InChI is InChI=1S/C19H18N2O5/c22-15-8-9-21(19(26)17(15)18(25)20-10-16(23)24)11-13-6-3-5-12-4-1-2-7-14(12)13/h1-7,17H,8-11H2,(H,20,25)(H,23,24). The summed E-state index contributed by atoms with van der Waals surface area (Å²) in [6, 6.07) is 13.6. The summed E-state index contributed by atoms with van der Waals surface area (Å²) in [6.45, 7) is -0.0982. The highest BCUT2D eigenvalue weighted by Crippen LogP contribution is 2.23. The molecule has 7 nitrogen and oxygen atoms in total. The maximum Gasteiger partial charge on any atom is 0.322 e. The van der Waals surface area contributed by atoms with E-state index in [9.17, 15) is 19.2 Å². The molecular formula is C19H18N2O5. The van der Waals surface area contributed by atoms with Gasteiger partial charge in [-0.3, -0.25) is 19.2 Å². The lowest BCUT2D eigenvalue weighted by Crippen LogP contribution is -2.52. The van der Waals surface area contributed by atoms with Gasteiger partial charge in [-0.2, -0.15) is 0 Å². The van der Waals surface area contributed by atoms with Gasteiger partial charge in [-0.1, -0.05) is 42.5 Å². The first-order valence-electron chi connectivity index (χ1n) is 8.25. The third kappa shape index (κ3) is 3.56. The van der Waals surface area contributed by atoms with E-state index in [1.807, 2.05) is 42.5 Å². The van der Waals surface area contributed by atoms with Crippen LogP contribution >= 0.6 is 0 Å². The van der Waals surface area contributed by atoms with Crippen LogP contribution in [0.2, 0.25) is 0 Å². The van der Waals surface area contributed by atoms with Crippen LogP contribution in [-0.4, -0.2) is 46.7 Å². The lowest BCUT2D eigenvalue weighted by Gasteiger charge is -2.31. The molecule has 134 valence electrons. The SMILES string of the molecule is O=C(O)CNC(=O)C1C(=O)CCN(Cc2cccc3ccccc23)C1=O. The van der Waals surface area contributed by atoms with Gasteiger partial charge in [0, 0.05) is 19.5 Å². The molecule has 1 aliphatic heterocycles. The van der Waals surface area contributed by atoms with E-state index < -0.39 is 36.0 Å². The van der Waals surface area contributed by atoms with Crippen molar-refractivity contribution in [3.63, 3.8) is 0 Å². The summed E-state index contributed by atoms with van der Waals surface area (Å²) in [7, 11) is 0. The largest absolute Gasteiger partial charge is 0.480 e. The van der Waals surface area contributed by atoms with Gasteiger partial charge >= 0.3 is 5.97 Å². The molecule has 0 saturated carbocycles. The minimum absolute atomic E-state index is 0.0711. The van der Waals surface area contributed by atoms with Crippen LogP contribution in [0.25, 0.3) is 10.8 Å². The Morgan fingerprint density at radius 2 is 1.85 bits per heavy atom. The minimum atomic E-state index is -1.47. The number of ketones is 1. The number of carboxylic acids is 1. The number of carbonyl (C=O) groups excluding carboxylic acids is 3. The van der Waals surface area contributed by atoms with Crippen molar-refractivity contribution in [1.29, 1.82) is 0 Å².